The molecule has 1 heterocycles. The Morgan fingerprint density at radius 1 is 1.11 bits per heavy atom. The summed E-state index contributed by atoms with van der Waals surface area (Å²) in [6.07, 6.45) is 3.88. The van der Waals surface area contributed by atoms with Crippen LogP contribution in [0.1, 0.15) is 5.56 Å². The lowest BCUT2D eigenvalue weighted by Crippen LogP contribution is -2.26. The fourth-order valence-corrected chi connectivity index (χ4v) is 2.77. The number of nitrogens with one attached hydrogen (secondary N) is 1. The predicted octanol–water partition coefficient (Wildman–Crippen LogP) is 1.31. The molecule has 0 atom stereocenters. The Kier molecular flexibility index (Phi) is 4.13. The van der Waals surface area contributed by atoms with Gasteiger partial charge in [0.1, 0.15) is 10.6 Å². The topological polar surface area (TPSA) is 79.3 Å². The summed E-state index contributed by atoms with van der Waals surface area (Å²) < 4.78 is 26.4. The quantitative estimate of drug-likeness (QED) is 0.864. The first-order valence-corrected chi connectivity index (χ1v) is 7.24. The number of hydrogen-bond donors (Lipinski definition) is 2. The summed E-state index contributed by atoms with van der Waals surface area (Å²) in [5.74, 6) is -0.251. The van der Waals surface area contributed by atoms with Gasteiger partial charge in [-0.2, -0.15) is 0 Å². The molecular weight excluding hydrogens is 264 g/mol. The third kappa shape index (κ3) is 3.52. The van der Waals surface area contributed by atoms with Crippen molar-refractivity contribution in [2.45, 2.75) is 11.3 Å². The number of hydrogen-bond acceptors (Lipinski definition) is 4. The molecular formula is C13H14N2O3S. The number of sulfonamides is 1. The van der Waals surface area contributed by atoms with E-state index >= 15 is 0 Å². The average Bonchev–Trinajstić information content (AvgIpc) is 2.40. The van der Waals surface area contributed by atoms with Gasteiger partial charge in [0.25, 0.3) is 0 Å². The highest BCUT2D eigenvalue weighted by Gasteiger charge is 2.16. The van der Waals surface area contributed by atoms with Crippen LogP contribution in [0.3, 0.4) is 0 Å². The number of nitrogens with zero attached hydrogens (tertiary/aromatic N) is 1. The molecule has 0 saturated heterocycles. The fourth-order valence-electron chi connectivity index (χ4n) is 1.64. The van der Waals surface area contributed by atoms with Gasteiger partial charge < -0.3 is 5.11 Å². The lowest BCUT2D eigenvalue weighted by molar-refractivity contribution is 0.458. The van der Waals surface area contributed by atoms with E-state index in [4.69, 9.17) is 0 Å². The molecule has 1 aromatic heterocycles. The van der Waals surface area contributed by atoms with Crippen LogP contribution in [-0.2, 0) is 16.4 Å². The Morgan fingerprint density at radius 2 is 1.79 bits per heavy atom. The second-order valence-electron chi connectivity index (χ2n) is 3.97. The van der Waals surface area contributed by atoms with E-state index in [0.717, 1.165) is 5.56 Å². The van der Waals surface area contributed by atoms with Crippen LogP contribution in [0, 0.1) is 0 Å². The van der Waals surface area contributed by atoms with Crippen molar-refractivity contribution in [1.29, 1.82) is 0 Å². The van der Waals surface area contributed by atoms with Crippen LogP contribution >= 0.6 is 0 Å². The van der Waals surface area contributed by atoms with Gasteiger partial charge in [0.15, 0.2) is 0 Å². The largest absolute Gasteiger partial charge is 0.507 e. The van der Waals surface area contributed by atoms with E-state index in [2.05, 4.69) is 9.71 Å². The third-order valence-corrected chi connectivity index (χ3v) is 4.12. The van der Waals surface area contributed by atoms with Crippen molar-refractivity contribution in [3.63, 3.8) is 0 Å². The number of aromatic nitrogens is 1. The Labute approximate surface area is 112 Å². The molecule has 0 unspecified atom stereocenters. The number of aromatic hydroxyl groups is 1. The monoisotopic (exact) mass is 278 g/mol. The second-order valence-corrected chi connectivity index (χ2v) is 5.71. The zero-order chi connectivity index (χ0) is 13.7. The first-order chi connectivity index (χ1) is 9.09. The summed E-state index contributed by atoms with van der Waals surface area (Å²) >= 11 is 0. The molecule has 0 fully saturated rings. The van der Waals surface area contributed by atoms with Crippen molar-refractivity contribution >= 4 is 10.0 Å². The molecule has 100 valence electrons. The molecule has 0 spiro atoms. The maximum Gasteiger partial charge on any atom is 0.244 e. The summed E-state index contributed by atoms with van der Waals surface area (Å²) in [5.41, 5.74) is 0.995. The summed E-state index contributed by atoms with van der Waals surface area (Å²) in [5, 5.41) is 9.54. The molecule has 1 aromatic carbocycles. The molecule has 5 nitrogen and oxygen atoms in total. The van der Waals surface area contributed by atoms with Crippen LogP contribution in [0.15, 0.2) is 53.7 Å². The SMILES string of the molecule is O=S(=O)(NCCc1ccncc1)c1ccccc1O. The highest BCUT2D eigenvalue weighted by atomic mass is 32.2. The molecule has 19 heavy (non-hydrogen) atoms. The van der Waals surface area contributed by atoms with E-state index in [1.807, 2.05) is 12.1 Å². The van der Waals surface area contributed by atoms with Crippen LogP contribution in [0.25, 0.3) is 0 Å². The van der Waals surface area contributed by atoms with Crippen molar-refractivity contribution in [2.75, 3.05) is 6.54 Å². The highest BCUT2D eigenvalue weighted by Crippen LogP contribution is 2.20. The number of rotatable bonds is 5. The minimum atomic E-state index is -3.68. The summed E-state index contributed by atoms with van der Waals surface area (Å²) in [6, 6.07) is 9.51. The maximum atomic E-state index is 12.0. The molecule has 6 heteroatoms. The molecule has 0 radical (unpaired) electrons. The van der Waals surface area contributed by atoms with Crippen LogP contribution < -0.4 is 4.72 Å². The van der Waals surface area contributed by atoms with Gasteiger partial charge >= 0.3 is 0 Å². The van der Waals surface area contributed by atoms with Crippen molar-refractivity contribution in [3.8, 4) is 5.75 Å². The van der Waals surface area contributed by atoms with E-state index in [1.165, 1.54) is 12.1 Å². The van der Waals surface area contributed by atoms with Crippen LogP contribution in [0.2, 0.25) is 0 Å². The van der Waals surface area contributed by atoms with Crippen molar-refractivity contribution in [2.24, 2.45) is 0 Å². The Balaban J connectivity index is 2.01. The molecule has 2 aromatic rings. The number of benzene rings is 1. The predicted molar refractivity (Wildman–Crippen MR) is 71.2 cm³/mol. The van der Waals surface area contributed by atoms with Crippen molar-refractivity contribution in [1.82, 2.24) is 9.71 Å². The molecule has 0 saturated carbocycles. The number of para-hydroxylation sites is 1. The van der Waals surface area contributed by atoms with Gasteiger partial charge in [0.2, 0.25) is 10.0 Å². The van der Waals surface area contributed by atoms with E-state index in [1.54, 1.807) is 24.5 Å². The van der Waals surface area contributed by atoms with E-state index in [-0.39, 0.29) is 17.2 Å². The Bertz CT molecular complexity index is 642. The van der Waals surface area contributed by atoms with Gasteiger partial charge in [0.05, 0.1) is 0 Å². The van der Waals surface area contributed by atoms with Gasteiger partial charge in [-0.15, -0.1) is 0 Å². The Hall–Kier alpha value is -1.92. The van der Waals surface area contributed by atoms with Gasteiger partial charge in [-0.25, -0.2) is 13.1 Å². The smallest absolute Gasteiger partial charge is 0.244 e. The lowest BCUT2D eigenvalue weighted by atomic mass is 10.2. The zero-order valence-corrected chi connectivity index (χ0v) is 11.0. The molecule has 0 bridgehead atoms. The standard InChI is InChI=1S/C13H14N2O3S/c16-12-3-1-2-4-13(12)19(17,18)15-10-7-11-5-8-14-9-6-11/h1-6,8-9,15-16H,7,10H2. The zero-order valence-electron chi connectivity index (χ0n) is 10.2. The fraction of sp³-hybridized carbons (Fsp3) is 0.154. The summed E-state index contributed by atoms with van der Waals surface area (Å²) in [4.78, 5) is 3.78. The molecule has 0 aliphatic carbocycles. The normalized spacial score (nSPS) is 11.4. The van der Waals surface area contributed by atoms with E-state index < -0.39 is 10.0 Å². The van der Waals surface area contributed by atoms with Gasteiger partial charge in [0, 0.05) is 18.9 Å². The van der Waals surface area contributed by atoms with Crippen LogP contribution in [0.5, 0.6) is 5.75 Å². The summed E-state index contributed by atoms with van der Waals surface area (Å²) in [7, 11) is -3.68. The number of pyridine rings is 1. The van der Waals surface area contributed by atoms with Gasteiger partial charge in [-0.3, -0.25) is 4.98 Å². The van der Waals surface area contributed by atoms with Crippen LogP contribution in [0.4, 0.5) is 0 Å². The van der Waals surface area contributed by atoms with Crippen LogP contribution in [-0.4, -0.2) is 25.1 Å². The summed E-state index contributed by atoms with van der Waals surface area (Å²) in [6.45, 7) is 0.265. The average molecular weight is 278 g/mol. The van der Waals surface area contributed by atoms with Crippen molar-refractivity contribution in [3.05, 3.63) is 54.4 Å². The van der Waals surface area contributed by atoms with Gasteiger partial charge in [-0.05, 0) is 36.2 Å². The first-order valence-electron chi connectivity index (χ1n) is 5.76. The molecule has 2 rings (SSSR count). The minimum Gasteiger partial charge on any atom is -0.507 e. The van der Waals surface area contributed by atoms with Crippen molar-refractivity contribution < 1.29 is 13.5 Å². The maximum absolute atomic E-state index is 12.0. The number of phenolic OH excluding ortho intramolecular Hbond substituents is 1. The van der Waals surface area contributed by atoms with E-state index in [0.29, 0.717) is 6.42 Å². The first kappa shape index (κ1) is 13.5. The molecule has 0 aliphatic heterocycles. The molecule has 0 amide bonds. The highest BCUT2D eigenvalue weighted by molar-refractivity contribution is 7.89. The second kappa shape index (κ2) is 5.81. The minimum absolute atomic E-state index is 0.107. The molecule has 0 aliphatic rings. The number of phenols is 1. The third-order valence-electron chi connectivity index (χ3n) is 2.61. The van der Waals surface area contributed by atoms with E-state index in [9.17, 15) is 13.5 Å². The molecule has 2 N–H and O–H groups in total. The Morgan fingerprint density at radius 3 is 2.47 bits per heavy atom. The van der Waals surface area contributed by atoms with Gasteiger partial charge in [-0.1, -0.05) is 12.1 Å². The lowest BCUT2D eigenvalue weighted by Gasteiger charge is -2.08.